The first kappa shape index (κ1) is 14.4. The van der Waals surface area contributed by atoms with Crippen LogP contribution in [0, 0.1) is 6.92 Å². The number of aliphatic imine (C=N–C) groups is 1. The number of halogens is 1. The first-order valence-electron chi connectivity index (χ1n) is 7.71. The summed E-state index contributed by atoms with van der Waals surface area (Å²) in [5, 5.41) is 0.768. The lowest BCUT2D eigenvalue weighted by Gasteiger charge is -2.23. The van der Waals surface area contributed by atoms with Crippen LogP contribution in [0.4, 0.5) is 5.69 Å². The molecule has 0 N–H and O–H groups in total. The molecule has 2 nitrogen and oxygen atoms in total. The van der Waals surface area contributed by atoms with Gasteiger partial charge in [-0.3, -0.25) is 4.99 Å². The van der Waals surface area contributed by atoms with Gasteiger partial charge in [0.05, 0.1) is 5.69 Å². The van der Waals surface area contributed by atoms with Crippen molar-refractivity contribution in [2.75, 3.05) is 0 Å². The van der Waals surface area contributed by atoms with Crippen LogP contribution in [0.2, 0.25) is 5.02 Å². The van der Waals surface area contributed by atoms with Crippen LogP contribution in [0.1, 0.15) is 49.3 Å². The van der Waals surface area contributed by atoms with Gasteiger partial charge in [0, 0.05) is 35.2 Å². The van der Waals surface area contributed by atoms with Gasteiger partial charge >= 0.3 is 0 Å². The fourth-order valence-electron chi connectivity index (χ4n) is 2.99. The largest absolute Gasteiger partial charge is 0.351 e. The maximum Gasteiger partial charge on any atom is 0.0673 e. The van der Waals surface area contributed by atoms with Crippen LogP contribution < -0.4 is 0 Å². The van der Waals surface area contributed by atoms with E-state index in [1.165, 1.54) is 32.1 Å². The van der Waals surface area contributed by atoms with Gasteiger partial charge in [0.2, 0.25) is 0 Å². The predicted octanol–water partition coefficient (Wildman–Crippen LogP) is 5.71. The molecular weight excluding hydrogens is 280 g/mol. The first-order chi connectivity index (χ1) is 10.2. The van der Waals surface area contributed by atoms with Crippen LogP contribution in [0.3, 0.4) is 0 Å². The molecule has 0 saturated heterocycles. The zero-order chi connectivity index (χ0) is 14.7. The summed E-state index contributed by atoms with van der Waals surface area (Å²) in [6.45, 7) is 2.00. The third-order valence-electron chi connectivity index (χ3n) is 4.33. The van der Waals surface area contributed by atoms with Gasteiger partial charge in [0.1, 0.15) is 0 Å². The van der Waals surface area contributed by atoms with Crippen molar-refractivity contribution in [1.82, 2.24) is 4.57 Å². The number of nitrogens with zero attached hydrogens (tertiary/aromatic N) is 2. The average molecular weight is 301 g/mol. The SMILES string of the molecule is Cc1c(Cl)cccc1N=Cc1ccn(C2CCCCC2)c1. The number of hydrogen-bond donors (Lipinski definition) is 0. The zero-order valence-corrected chi connectivity index (χ0v) is 13.2. The summed E-state index contributed by atoms with van der Waals surface area (Å²) in [7, 11) is 0. The summed E-state index contributed by atoms with van der Waals surface area (Å²) in [6.07, 6.45) is 13.0. The Labute approximate surface area is 131 Å². The van der Waals surface area contributed by atoms with E-state index >= 15 is 0 Å². The number of aromatic nitrogens is 1. The Bertz CT molecular complexity index is 636. The second kappa shape index (κ2) is 6.48. The number of rotatable bonds is 3. The monoisotopic (exact) mass is 300 g/mol. The predicted molar refractivity (Wildman–Crippen MR) is 90.0 cm³/mol. The lowest BCUT2D eigenvalue weighted by atomic mass is 9.95. The van der Waals surface area contributed by atoms with Gasteiger partial charge in [-0.25, -0.2) is 0 Å². The standard InChI is InChI=1S/C18H21ClN2/c1-14-17(19)8-5-9-18(14)20-12-15-10-11-21(13-15)16-6-3-2-4-7-16/h5,8-13,16H,2-4,6-7H2,1H3. The Hall–Kier alpha value is -1.54. The highest BCUT2D eigenvalue weighted by Gasteiger charge is 2.14. The molecule has 0 aliphatic heterocycles. The van der Waals surface area contributed by atoms with Crippen molar-refractivity contribution >= 4 is 23.5 Å². The van der Waals surface area contributed by atoms with Gasteiger partial charge in [-0.1, -0.05) is 36.9 Å². The first-order valence-corrected chi connectivity index (χ1v) is 8.08. The van der Waals surface area contributed by atoms with Crippen LogP contribution in [-0.4, -0.2) is 10.8 Å². The van der Waals surface area contributed by atoms with E-state index in [1.807, 2.05) is 31.3 Å². The molecule has 1 saturated carbocycles. The molecule has 0 bridgehead atoms. The van der Waals surface area contributed by atoms with E-state index in [0.717, 1.165) is 21.8 Å². The molecule has 1 aliphatic rings. The van der Waals surface area contributed by atoms with E-state index in [0.29, 0.717) is 6.04 Å². The van der Waals surface area contributed by atoms with Gasteiger partial charge in [0.25, 0.3) is 0 Å². The maximum atomic E-state index is 6.12. The Morgan fingerprint density at radius 2 is 2.00 bits per heavy atom. The molecule has 0 amide bonds. The van der Waals surface area contributed by atoms with Gasteiger partial charge in [-0.2, -0.15) is 0 Å². The van der Waals surface area contributed by atoms with Crippen molar-refractivity contribution in [1.29, 1.82) is 0 Å². The summed E-state index contributed by atoms with van der Waals surface area (Å²) < 4.78 is 2.35. The van der Waals surface area contributed by atoms with Crippen LogP contribution in [-0.2, 0) is 0 Å². The molecule has 21 heavy (non-hydrogen) atoms. The topological polar surface area (TPSA) is 17.3 Å². The van der Waals surface area contributed by atoms with E-state index < -0.39 is 0 Å². The Balaban J connectivity index is 1.74. The number of hydrogen-bond acceptors (Lipinski definition) is 1. The highest BCUT2D eigenvalue weighted by atomic mass is 35.5. The number of benzene rings is 1. The lowest BCUT2D eigenvalue weighted by molar-refractivity contribution is 0.354. The van der Waals surface area contributed by atoms with E-state index in [9.17, 15) is 0 Å². The minimum Gasteiger partial charge on any atom is -0.351 e. The van der Waals surface area contributed by atoms with Crippen molar-refractivity contribution in [2.24, 2.45) is 4.99 Å². The van der Waals surface area contributed by atoms with Crippen LogP contribution in [0.25, 0.3) is 0 Å². The maximum absolute atomic E-state index is 6.12. The van der Waals surface area contributed by atoms with Gasteiger partial charge in [-0.15, -0.1) is 0 Å². The molecule has 3 rings (SSSR count). The Morgan fingerprint density at radius 3 is 2.81 bits per heavy atom. The second-order valence-corrected chi connectivity index (χ2v) is 6.23. The van der Waals surface area contributed by atoms with Crippen LogP contribution in [0.15, 0.2) is 41.7 Å². The highest BCUT2D eigenvalue weighted by molar-refractivity contribution is 6.31. The Kier molecular flexibility index (Phi) is 4.45. The fraction of sp³-hybridized carbons (Fsp3) is 0.389. The minimum absolute atomic E-state index is 0.675. The molecule has 1 fully saturated rings. The van der Waals surface area contributed by atoms with E-state index in [4.69, 9.17) is 11.6 Å². The van der Waals surface area contributed by atoms with Crippen molar-refractivity contribution < 1.29 is 0 Å². The molecule has 2 aromatic rings. The van der Waals surface area contributed by atoms with Gasteiger partial charge < -0.3 is 4.57 Å². The quantitative estimate of drug-likeness (QED) is 0.646. The normalized spacial score (nSPS) is 16.7. The second-order valence-electron chi connectivity index (χ2n) is 5.83. The highest BCUT2D eigenvalue weighted by Crippen LogP contribution is 2.28. The molecule has 1 aliphatic carbocycles. The molecular formula is C18H21ClN2. The summed E-state index contributed by atoms with van der Waals surface area (Å²) in [6, 6.07) is 8.65. The van der Waals surface area contributed by atoms with Crippen molar-refractivity contribution in [3.63, 3.8) is 0 Å². The van der Waals surface area contributed by atoms with E-state index in [2.05, 4.69) is 28.0 Å². The fourth-order valence-corrected chi connectivity index (χ4v) is 3.16. The Morgan fingerprint density at radius 1 is 1.19 bits per heavy atom. The van der Waals surface area contributed by atoms with Gasteiger partial charge in [-0.05, 0) is 43.5 Å². The molecule has 0 radical (unpaired) electrons. The summed E-state index contributed by atoms with van der Waals surface area (Å²) in [4.78, 5) is 4.57. The molecule has 0 spiro atoms. The molecule has 0 atom stereocenters. The molecule has 1 aromatic heterocycles. The molecule has 1 heterocycles. The van der Waals surface area contributed by atoms with Crippen LogP contribution in [0.5, 0.6) is 0 Å². The van der Waals surface area contributed by atoms with Crippen LogP contribution >= 0.6 is 11.6 Å². The smallest absolute Gasteiger partial charge is 0.0673 e. The minimum atomic E-state index is 0.675. The van der Waals surface area contributed by atoms with Crippen molar-refractivity contribution in [2.45, 2.75) is 45.1 Å². The van der Waals surface area contributed by atoms with Crippen molar-refractivity contribution in [3.8, 4) is 0 Å². The molecule has 1 aromatic carbocycles. The average Bonchev–Trinajstić information content (AvgIpc) is 2.99. The van der Waals surface area contributed by atoms with E-state index in [1.54, 1.807) is 0 Å². The van der Waals surface area contributed by atoms with Gasteiger partial charge in [0.15, 0.2) is 0 Å². The third-order valence-corrected chi connectivity index (χ3v) is 4.73. The third kappa shape index (κ3) is 3.38. The summed E-state index contributed by atoms with van der Waals surface area (Å²) in [5.74, 6) is 0. The van der Waals surface area contributed by atoms with E-state index in [-0.39, 0.29) is 0 Å². The zero-order valence-electron chi connectivity index (χ0n) is 12.4. The molecule has 3 heteroatoms. The van der Waals surface area contributed by atoms with Crippen molar-refractivity contribution in [3.05, 3.63) is 52.8 Å². The lowest BCUT2D eigenvalue weighted by Crippen LogP contribution is -2.10. The molecule has 110 valence electrons. The summed E-state index contributed by atoms with van der Waals surface area (Å²) >= 11 is 6.12. The molecule has 0 unspecified atom stereocenters. The summed E-state index contributed by atoms with van der Waals surface area (Å²) in [5.41, 5.74) is 3.12.